The first kappa shape index (κ1) is 27.4. The molecule has 210 valence electrons. The van der Waals surface area contributed by atoms with Crippen molar-refractivity contribution >= 4 is 34.7 Å². The number of aliphatic hydroxyl groups is 1. The molecule has 6 atom stereocenters. The van der Waals surface area contributed by atoms with Gasteiger partial charge in [-0.05, 0) is 69.8 Å². The quantitative estimate of drug-likeness (QED) is 0.329. The average Bonchev–Trinajstić information content (AvgIpc) is 3.66. The Hall–Kier alpha value is -3.15. The molecule has 11 nitrogen and oxygen atoms in total. The zero-order valence-electron chi connectivity index (χ0n) is 22.7. The second kappa shape index (κ2) is 9.50. The Balaban J connectivity index is 1.59. The number of nitrogens with two attached hydrogens (primary N) is 1. The maximum atomic E-state index is 14.0. The highest BCUT2D eigenvalue weighted by Gasteiger charge is 2.69. The number of aromatic hydroxyl groups is 1. The van der Waals surface area contributed by atoms with E-state index in [2.05, 4.69) is 5.32 Å². The maximum absolute atomic E-state index is 14.0. The second-order valence-corrected chi connectivity index (χ2v) is 12.0. The summed E-state index contributed by atoms with van der Waals surface area (Å²) >= 11 is 0. The first-order valence-electron chi connectivity index (χ1n) is 13.4. The molecule has 0 aromatic heterocycles. The summed E-state index contributed by atoms with van der Waals surface area (Å²) < 4.78 is 0. The van der Waals surface area contributed by atoms with Crippen molar-refractivity contribution in [1.82, 2.24) is 10.2 Å². The lowest BCUT2D eigenvalue weighted by atomic mass is 9.52. The number of anilines is 1. The van der Waals surface area contributed by atoms with E-state index in [9.17, 15) is 34.2 Å². The van der Waals surface area contributed by atoms with E-state index in [0.29, 0.717) is 23.6 Å². The van der Waals surface area contributed by atoms with Crippen LogP contribution in [0, 0.1) is 29.6 Å². The van der Waals surface area contributed by atoms with Gasteiger partial charge < -0.3 is 26.2 Å². The normalized spacial score (nSPS) is 32.1. The number of phenols is 1. The topological polar surface area (TPSA) is 170 Å². The minimum Gasteiger partial charge on any atom is -0.507 e. The molecule has 5 N–H and O–H groups in total. The molecule has 1 aromatic rings. The van der Waals surface area contributed by atoms with Gasteiger partial charge in [0.2, 0.25) is 5.91 Å². The van der Waals surface area contributed by atoms with Crippen molar-refractivity contribution < 1.29 is 34.2 Å². The van der Waals surface area contributed by atoms with Gasteiger partial charge in [-0.15, -0.1) is 0 Å². The highest BCUT2D eigenvalue weighted by atomic mass is 16.3. The fraction of sp³-hybridized carbons (Fsp3) is 0.607. The van der Waals surface area contributed by atoms with E-state index in [4.69, 9.17) is 5.73 Å². The van der Waals surface area contributed by atoms with Gasteiger partial charge in [-0.25, -0.2) is 0 Å². The lowest BCUT2D eigenvalue weighted by molar-refractivity contribution is -0.181. The van der Waals surface area contributed by atoms with Crippen LogP contribution in [0.15, 0.2) is 6.07 Å². The minimum atomic E-state index is -2.72. The number of likely N-dealkylation sites (N-methyl/N-ethyl adjacent to an activating group) is 1. The Labute approximate surface area is 226 Å². The van der Waals surface area contributed by atoms with Crippen LogP contribution in [0.4, 0.5) is 5.69 Å². The molecule has 0 bridgehead atoms. The number of carbonyl (C=O) groups excluding carboxylic acids is 5. The largest absolute Gasteiger partial charge is 0.507 e. The summed E-state index contributed by atoms with van der Waals surface area (Å²) in [5, 5.41) is 26.3. The molecule has 4 aliphatic carbocycles. The number of hydrogen-bond donors (Lipinski definition) is 4. The zero-order valence-corrected chi connectivity index (χ0v) is 22.7. The van der Waals surface area contributed by atoms with Gasteiger partial charge in [-0.1, -0.05) is 0 Å². The lowest BCUT2D eigenvalue weighted by Gasteiger charge is -2.52. The number of nitrogens with zero attached hydrogens (tertiary/aromatic N) is 2. The molecule has 1 amide bonds. The molecule has 3 fully saturated rings. The van der Waals surface area contributed by atoms with Gasteiger partial charge in [0.15, 0.2) is 34.7 Å². The zero-order chi connectivity index (χ0) is 28.5. The minimum absolute atomic E-state index is 0.0241. The molecule has 4 aliphatic rings. The van der Waals surface area contributed by atoms with Gasteiger partial charge >= 0.3 is 0 Å². The third-order valence-corrected chi connectivity index (χ3v) is 9.04. The van der Waals surface area contributed by atoms with E-state index in [1.54, 1.807) is 14.1 Å². The molecular weight excluding hydrogens is 504 g/mol. The number of Topliss-reactive ketones (excluding diaryl/α,β-unsaturated/α-hetero) is 4. The van der Waals surface area contributed by atoms with E-state index in [-0.39, 0.29) is 24.2 Å². The molecule has 0 saturated heterocycles. The van der Waals surface area contributed by atoms with Gasteiger partial charge in [0, 0.05) is 37.8 Å². The molecular formula is C28H36N4O7. The van der Waals surface area contributed by atoms with Gasteiger partial charge in [0.05, 0.1) is 17.5 Å². The van der Waals surface area contributed by atoms with E-state index < -0.39 is 64.4 Å². The predicted octanol–water partition coefficient (Wildman–Crippen LogP) is -0.567. The summed E-state index contributed by atoms with van der Waals surface area (Å²) in [6, 6.07) is 0.726. The van der Waals surface area contributed by atoms with E-state index in [1.165, 1.54) is 4.90 Å². The van der Waals surface area contributed by atoms with Crippen LogP contribution in [-0.4, -0.2) is 90.5 Å². The van der Waals surface area contributed by atoms with Crippen molar-refractivity contribution in [1.29, 1.82) is 0 Å². The molecule has 39 heavy (non-hydrogen) atoms. The number of amides is 1. The van der Waals surface area contributed by atoms with E-state index >= 15 is 0 Å². The molecule has 0 aliphatic heterocycles. The monoisotopic (exact) mass is 540 g/mol. The fourth-order valence-electron chi connectivity index (χ4n) is 6.97. The lowest BCUT2D eigenvalue weighted by Crippen LogP contribution is -2.74. The molecule has 11 heteroatoms. The van der Waals surface area contributed by atoms with Crippen LogP contribution in [0.5, 0.6) is 5.75 Å². The smallest absolute Gasteiger partial charge is 0.235 e. The standard InChI is InChI=1S/C28H36N4O7/c1-31(2)17-9-14(11-30-10-12-5-6-12)22(33)19-15(17)7-13-8-16-21(32(3)4)24(35)20(27(29)38)26(37)28(16,39)25(36)18(13)23(19)34/h9,12-13,16,18,20-21,30,33,39H,5-8,10-11H2,1-4H3,(H2,29,38)/t13-,16-,18?,20?,21?,28-/m1/s1. The first-order valence-corrected chi connectivity index (χ1v) is 13.4. The van der Waals surface area contributed by atoms with Crippen LogP contribution in [0.2, 0.25) is 0 Å². The van der Waals surface area contributed by atoms with Gasteiger partial charge in [0.25, 0.3) is 0 Å². The average molecular weight is 541 g/mol. The molecule has 5 rings (SSSR count). The SMILES string of the molecule is CN(C)c1cc(CNCC2CC2)c(O)c2c1C[C@@H]1C[C@@H]3C(N(C)C)C(=O)C(C(N)=O)C(=O)[C@]3(O)C(=O)C1C2=O. The van der Waals surface area contributed by atoms with Crippen LogP contribution in [0.1, 0.15) is 40.7 Å². The Morgan fingerprint density at radius 3 is 2.36 bits per heavy atom. The predicted molar refractivity (Wildman–Crippen MR) is 140 cm³/mol. The molecule has 0 heterocycles. The fourth-order valence-corrected chi connectivity index (χ4v) is 6.97. The second-order valence-electron chi connectivity index (χ2n) is 12.0. The maximum Gasteiger partial charge on any atom is 0.235 e. The van der Waals surface area contributed by atoms with Gasteiger partial charge in [0.1, 0.15) is 5.75 Å². The first-order chi connectivity index (χ1) is 18.3. The summed E-state index contributed by atoms with van der Waals surface area (Å²) in [5.74, 6) is -9.68. The number of rotatable bonds is 7. The van der Waals surface area contributed by atoms with Crippen LogP contribution in [-0.2, 0) is 32.1 Å². The number of phenolic OH excluding ortho intramolecular Hbond substituents is 1. The highest BCUT2D eigenvalue weighted by Crippen LogP contribution is 2.52. The highest BCUT2D eigenvalue weighted by molar-refractivity contribution is 6.32. The molecule has 0 spiro atoms. The van der Waals surface area contributed by atoms with Crippen molar-refractivity contribution in [2.75, 3.05) is 39.6 Å². The van der Waals surface area contributed by atoms with Crippen molar-refractivity contribution in [2.45, 2.75) is 43.9 Å². The summed E-state index contributed by atoms with van der Waals surface area (Å²) in [7, 11) is 6.80. The number of primary amides is 1. The number of nitrogens with one attached hydrogen (secondary N) is 1. The summed E-state index contributed by atoms with van der Waals surface area (Å²) in [6.07, 6.45) is 2.59. The van der Waals surface area contributed by atoms with Crippen molar-refractivity contribution in [3.63, 3.8) is 0 Å². The van der Waals surface area contributed by atoms with Crippen LogP contribution in [0.25, 0.3) is 0 Å². The molecule has 0 radical (unpaired) electrons. The number of benzene rings is 1. The van der Waals surface area contributed by atoms with Crippen molar-refractivity contribution in [2.24, 2.45) is 35.3 Å². The number of ketones is 4. The Kier molecular flexibility index (Phi) is 6.68. The van der Waals surface area contributed by atoms with Crippen molar-refractivity contribution in [3.8, 4) is 5.75 Å². The van der Waals surface area contributed by atoms with Crippen LogP contribution in [0.3, 0.4) is 0 Å². The number of carbonyl (C=O) groups is 5. The third kappa shape index (κ3) is 4.09. The Morgan fingerprint density at radius 1 is 1.13 bits per heavy atom. The van der Waals surface area contributed by atoms with Crippen molar-refractivity contribution in [3.05, 3.63) is 22.8 Å². The summed E-state index contributed by atoms with van der Waals surface area (Å²) in [5.41, 5.74) is 4.52. The molecule has 3 saturated carbocycles. The molecule has 1 aromatic carbocycles. The molecule has 3 unspecified atom stereocenters. The van der Waals surface area contributed by atoms with E-state index in [1.807, 2.05) is 25.1 Å². The van der Waals surface area contributed by atoms with Gasteiger partial charge in [-0.2, -0.15) is 0 Å². The van der Waals surface area contributed by atoms with Crippen LogP contribution >= 0.6 is 0 Å². The number of fused-ring (bicyclic) bond motifs is 3. The van der Waals surface area contributed by atoms with Crippen LogP contribution < -0.4 is 16.0 Å². The van der Waals surface area contributed by atoms with Gasteiger partial charge in [-0.3, -0.25) is 28.9 Å². The van der Waals surface area contributed by atoms with E-state index in [0.717, 1.165) is 25.1 Å². The summed E-state index contributed by atoms with van der Waals surface area (Å²) in [4.78, 5) is 70.0. The Bertz CT molecular complexity index is 1290. The Morgan fingerprint density at radius 2 is 1.79 bits per heavy atom. The summed E-state index contributed by atoms with van der Waals surface area (Å²) in [6.45, 7) is 1.14. The number of hydrogen-bond acceptors (Lipinski definition) is 10. The third-order valence-electron chi connectivity index (χ3n) is 9.04.